The second-order valence-electron chi connectivity index (χ2n) is 6.09. The van der Waals surface area contributed by atoms with Gasteiger partial charge in [0.2, 0.25) is 11.5 Å². The monoisotopic (exact) mass is 387 g/mol. The summed E-state index contributed by atoms with van der Waals surface area (Å²) in [7, 11) is 9.60. The van der Waals surface area contributed by atoms with Crippen molar-refractivity contribution in [3.8, 4) is 34.5 Å². The van der Waals surface area contributed by atoms with E-state index in [4.69, 9.17) is 28.4 Å². The number of nitrogens with one attached hydrogen (secondary N) is 1. The van der Waals surface area contributed by atoms with E-state index in [0.717, 1.165) is 22.0 Å². The predicted molar refractivity (Wildman–Crippen MR) is 107 cm³/mol. The summed E-state index contributed by atoms with van der Waals surface area (Å²) in [6.45, 7) is 0. The molecule has 0 aliphatic rings. The Morgan fingerprint density at radius 2 is 1.18 bits per heavy atom. The molecule has 0 bridgehead atoms. The summed E-state index contributed by atoms with van der Waals surface area (Å²) in [5.41, 5.74) is 2.94. The summed E-state index contributed by atoms with van der Waals surface area (Å²) in [4.78, 5) is 3.29. The van der Waals surface area contributed by atoms with Gasteiger partial charge in [0.15, 0.2) is 23.0 Å². The van der Waals surface area contributed by atoms with Gasteiger partial charge in [0.25, 0.3) is 0 Å². The van der Waals surface area contributed by atoms with Gasteiger partial charge in [-0.05, 0) is 35.7 Å². The van der Waals surface area contributed by atoms with Crippen molar-refractivity contribution in [3.05, 3.63) is 35.5 Å². The van der Waals surface area contributed by atoms with Crippen LogP contribution in [0.4, 0.5) is 0 Å². The third kappa shape index (κ3) is 3.24. The predicted octanol–water partition coefficient (Wildman–Crippen LogP) is 3.81. The maximum atomic E-state index is 5.57. The molecule has 7 nitrogen and oxygen atoms in total. The van der Waals surface area contributed by atoms with Crippen LogP contribution in [-0.2, 0) is 6.42 Å². The van der Waals surface area contributed by atoms with E-state index < -0.39 is 0 Å². The summed E-state index contributed by atoms with van der Waals surface area (Å²) in [5, 5.41) is 0.989. The number of rotatable bonds is 8. The molecular weight excluding hydrogens is 362 g/mol. The zero-order valence-electron chi connectivity index (χ0n) is 17.0. The van der Waals surface area contributed by atoms with E-state index >= 15 is 0 Å². The molecule has 1 heterocycles. The molecular formula is C21H25NO6. The minimum absolute atomic E-state index is 0.554. The van der Waals surface area contributed by atoms with Gasteiger partial charge in [-0.2, -0.15) is 0 Å². The zero-order valence-corrected chi connectivity index (χ0v) is 17.0. The summed E-state index contributed by atoms with van der Waals surface area (Å²) >= 11 is 0. The van der Waals surface area contributed by atoms with E-state index in [-0.39, 0.29) is 0 Å². The molecule has 0 saturated heterocycles. The van der Waals surface area contributed by atoms with Gasteiger partial charge in [0, 0.05) is 11.6 Å². The molecule has 0 spiro atoms. The number of hydrogen-bond donors (Lipinski definition) is 1. The number of aromatic amines is 1. The van der Waals surface area contributed by atoms with Crippen LogP contribution in [0.1, 0.15) is 11.1 Å². The fourth-order valence-corrected chi connectivity index (χ4v) is 3.39. The highest BCUT2D eigenvalue weighted by Gasteiger charge is 2.20. The second kappa shape index (κ2) is 8.21. The van der Waals surface area contributed by atoms with Crippen molar-refractivity contribution in [2.24, 2.45) is 0 Å². The van der Waals surface area contributed by atoms with Crippen LogP contribution in [0.5, 0.6) is 34.5 Å². The van der Waals surface area contributed by atoms with Gasteiger partial charge in [0.1, 0.15) is 0 Å². The maximum absolute atomic E-state index is 5.57. The van der Waals surface area contributed by atoms with Gasteiger partial charge < -0.3 is 33.4 Å². The Morgan fingerprint density at radius 3 is 1.68 bits per heavy atom. The number of aromatic nitrogens is 1. The molecule has 0 aliphatic heterocycles. The van der Waals surface area contributed by atoms with Gasteiger partial charge in [-0.1, -0.05) is 0 Å². The molecule has 1 aromatic heterocycles. The van der Waals surface area contributed by atoms with Crippen molar-refractivity contribution >= 4 is 10.9 Å². The molecule has 0 fully saturated rings. The first-order chi connectivity index (χ1) is 13.6. The summed E-state index contributed by atoms with van der Waals surface area (Å²) in [6.07, 6.45) is 2.60. The topological polar surface area (TPSA) is 71.2 Å². The van der Waals surface area contributed by atoms with E-state index in [9.17, 15) is 0 Å². The van der Waals surface area contributed by atoms with E-state index in [1.165, 1.54) is 0 Å². The molecule has 0 radical (unpaired) electrons. The van der Waals surface area contributed by atoms with Crippen molar-refractivity contribution < 1.29 is 28.4 Å². The average Bonchev–Trinajstić information content (AvgIpc) is 3.13. The molecule has 2 aromatic carbocycles. The highest BCUT2D eigenvalue weighted by Crippen LogP contribution is 2.44. The van der Waals surface area contributed by atoms with E-state index in [2.05, 4.69) is 4.98 Å². The molecule has 1 N–H and O–H groups in total. The van der Waals surface area contributed by atoms with Crippen molar-refractivity contribution in [3.63, 3.8) is 0 Å². The van der Waals surface area contributed by atoms with E-state index in [1.54, 1.807) is 42.7 Å². The SMILES string of the molecule is COc1cc(Cc2c[nH]c3c(OC)c(OC)c(OC)cc23)cc(OC)c1OC. The average molecular weight is 387 g/mol. The number of methoxy groups -OCH3 is 6. The van der Waals surface area contributed by atoms with Crippen LogP contribution in [0.2, 0.25) is 0 Å². The fourth-order valence-electron chi connectivity index (χ4n) is 3.39. The van der Waals surface area contributed by atoms with Gasteiger partial charge in [-0.3, -0.25) is 0 Å². The lowest BCUT2D eigenvalue weighted by Crippen LogP contribution is -1.98. The molecule has 0 atom stereocenters. The second-order valence-corrected chi connectivity index (χ2v) is 6.09. The Morgan fingerprint density at radius 1 is 0.643 bits per heavy atom. The maximum Gasteiger partial charge on any atom is 0.205 e. The van der Waals surface area contributed by atoms with E-state index in [1.807, 2.05) is 24.4 Å². The highest BCUT2D eigenvalue weighted by atomic mass is 16.5. The van der Waals surface area contributed by atoms with Crippen LogP contribution in [0.15, 0.2) is 24.4 Å². The first-order valence-corrected chi connectivity index (χ1v) is 8.69. The number of fused-ring (bicyclic) bond motifs is 1. The number of hydrogen-bond acceptors (Lipinski definition) is 6. The largest absolute Gasteiger partial charge is 0.493 e. The van der Waals surface area contributed by atoms with Crippen molar-refractivity contribution in [1.29, 1.82) is 0 Å². The van der Waals surface area contributed by atoms with Crippen molar-refractivity contribution in [2.75, 3.05) is 42.7 Å². The van der Waals surface area contributed by atoms with Crippen LogP contribution in [0.3, 0.4) is 0 Å². The molecule has 0 aliphatic carbocycles. The summed E-state index contributed by atoms with van der Waals surface area (Å²) in [5.74, 6) is 3.58. The third-order valence-electron chi connectivity index (χ3n) is 4.69. The molecule has 3 aromatic rings. The van der Waals surface area contributed by atoms with Gasteiger partial charge in [-0.25, -0.2) is 0 Å². The summed E-state index contributed by atoms with van der Waals surface area (Å²) < 4.78 is 32.8. The van der Waals surface area contributed by atoms with Gasteiger partial charge >= 0.3 is 0 Å². The molecule has 0 saturated carbocycles. The zero-order chi connectivity index (χ0) is 20.3. The normalized spacial score (nSPS) is 10.6. The number of H-pyrrole nitrogens is 1. The Labute approximate surface area is 164 Å². The lowest BCUT2D eigenvalue weighted by molar-refractivity contribution is 0.324. The molecule has 7 heteroatoms. The van der Waals surface area contributed by atoms with Crippen molar-refractivity contribution in [1.82, 2.24) is 4.98 Å². The van der Waals surface area contributed by atoms with Crippen LogP contribution >= 0.6 is 0 Å². The van der Waals surface area contributed by atoms with Crippen molar-refractivity contribution in [2.45, 2.75) is 6.42 Å². The smallest absolute Gasteiger partial charge is 0.205 e. The minimum Gasteiger partial charge on any atom is -0.493 e. The Balaban J connectivity index is 2.11. The first-order valence-electron chi connectivity index (χ1n) is 8.69. The van der Waals surface area contributed by atoms with E-state index in [0.29, 0.717) is 40.9 Å². The Bertz CT molecular complexity index is 954. The fraction of sp³-hybridized carbons (Fsp3) is 0.333. The highest BCUT2D eigenvalue weighted by molar-refractivity contribution is 5.93. The first kappa shape index (κ1) is 19.5. The molecule has 0 amide bonds. The lowest BCUT2D eigenvalue weighted by Gasteiger charge is -2.15. The number of ether oxygens (including phenoxy) is 6. The molecule has 3 rings (SSSR count). The lowest BCUT2D eigenvalue weighted by atomic mass is 10.0. The third-order valence-corrected chi connectivity index (χ3v) is 4.69. The Kier molecular flexibility index (Phi) is 5.73. The van der Waals surface area contributed by atoms with Gasteiger partial charge in [0.05, 0.1) is 48.2 Å². The van der Waals surface area contributed by atoms with Gasteiger partial charge in [-0.15, -0.1) is 0 Å². The van der Waals surface area contributed by atoms with Crippen LogP contribution in [-0.4, -0.2) is 47.6 Å². The van der Waals surface area contributed by atoms with Crippen LogP contribution in [0, 0.1) is 0 Å². The summed E-state index contributed by atoms with van der Waals surface area (Å²) in [6, 6.07) is 5.83. The van der Waals surface area contributed by atoms with Crippen LogP contribution < -0.4 is 28.4 Å². The standard InChI is InChI=1S/C21H25NO6/c1-23-15-8-12(9-16(24-2)19(15)26-4)7-13-11-22-18-14(13)10-17(25-3)20(27-5)21(18)28-6/h8-11,22H,7H2,1-6H3. The molecule has 150 valence electrons. The molecule has 28 heavy (non-hydrogen) atoms. The molecule has 0 unspecified atom stereocenters. The van der Waals surface area contributed by atoms with Crippen LogP contribution in [0.25, 0.3) is 10.9 Å². The minimum atomic E-state index is 0.554. The quantitative estimate of drug-likeness (QED) is 0.634. The number of benzene rings is 2. The Hall–Kier alpha value is -3.22.